The number of aryl methyl sites for hydroxylation is 2. The lowest BCUT2D eigenvalue weighted by molar-refractivity contribution is 0.0912. The molecule has 5 heteroatoms. The lowest BCUT2D eigenvalue weighted by atomic mass is 10.1. The molecule has 0 bridgehead atoms. The Labute approximate surface area is 99.9 Å². The van der Waals surface area contributed by atoms with Crippen LogP contribution in [0.4, 0.5) is 0 Å². The molecule has 1 amide bonds. The van der Waals surface area contributed by atoms with Crippen molar-refractivity contribution in [3.8, 4) is 0 Å². The average molecular weight is 238 g/mol. The molecule has 0 radical (unpaired) electrons. The van der Waals surface area contributed by atoms with Crippen LogP contribution < -0.4 is 10.9 Å². The highest BCUT2D eigenvalue weighted by Gasteiger charge is 2.16. The van der Waals surface area contributed by atoms with Crippen molar-refractivity contribution in [2.24, 2.45) is 0 Å². The summed E-state index contributed by atoms with van der Waals surface area (Å²) in [7, 11) is 0. The van der Waals surface area contributed by atoms with Crippen molar-refractivity contribution in [2.45, 2.75) is 33.2 Å². The molecule has 1 aromatic heterocycles. The SMILES string of the molecule is CC[C@@H](CO)NC(=O)c1c(C)cc(C)[nH]c1=O. The molecule has 0 aliphatic rings. The van der Waals surface area contributed by atoms with Gasteiger partial charge in [-0.15, -0.1) is 0 Å². The van der Waals surface area contributed by atoms with Gasteiger partial charge in [0.1, 0.15) is 5.56 Å². The van der Waals surface area contributed by atoms with Gasteiger partial charge >= 0.3 is 0 Å². The van der Waals surface area contributed by atoms with E-state index in [0.29, 0.717) is 12.0 Å². The summed E-state index contributed by atoms with van der Waals surface area (Å²) >= 11 is 0. The minimum atomic E-state index is -0.440. The number of carbonyl (C=O) groups is 1. The van der Waals surface area contributed by atoms with Crippen molar-refractivity contribution < 1.29 is 9.90 Å². The molecule has 0 aliphatic heterocycles. The zero-order valence-electron chi connectivity index (χ0n) is 10.3. The summed E-state index contributed by atoms with van der Waals surface area (Å²) in [6, 6.07) is 1.43. The number of H-pyrrole nitrogens is 1. The fraction of sp³-hybridized carbons (Fsp3) is 0.500. The van der Waals surface area contributed by atoms with E-state index in [0.717, 1.165) is 5.69 Å². The van der Waals surface area contributed by atoms with Gasteiger partial charge < -0.3 is 15.4 Å². The summed E-state index contributed by atoms with van der Waals surface area (Å²) < 4.78 is 0. The number of aliphatic hydroxyl groups is 1. The van der Waals surface area contributed by atoms with E-state index in [4.69, 9.17) is 5.11 Å². The highest BCUT2D eigenvalue weighted by atomic mass is 16.3. The summed E-state index contributed by atoms with van der Waals surface area (Å²) in [5.41, 5.74) is 1.07. The number of aliphatic hydroxyl groups excluding tert-OH is 1. The molecule has 0 spiro atoms. The third-order valence-corrected chi connectivity index (χ3v) is 2.64. The summed E-state index contributed by atoms with van der Waals surface area (Å²) in [6.45, 7) is 5.20. The fourth-order valence-corrected chi connectivity index (χ4v) is 1.67. The second-order valence-electron chi connectivity index (χ2n) is 4.10. The van der Waals surface area contributed by atoms with E-state index in [1.807, 2.05) is 6.92 Å². The summed E-state index contributed by atoms with van der Waals surface area (Å²) in [5.74, 6) is -0.440. The van der Waals surface area contributed by atoms with Crippen LogP contribution in [0.15, 0.2) is 10.9 Å². The zero-order valence-corrected chi connectivity index (χ0v) is 10.3. The Kier molecular flexibility index (Phi) is 4.45. The number of amides is 1. The van der Waals surface area contributed by atoms with Crippen LogP contribution in [-0.2, 0) is 0 Å². The van der Waals surface area contributed by atoms with E-state index >= 15 is 0 Å². The van der Waals surface area contributed by atoms with Crippen LogP contribution in [0.5, 0.6) is 0 Å². The van der Waals surface area contributed by atoms with Crippen LogP contribution in [-0.4, -0.2) is 28.6 Å². The highest BCUT2D eigenvalue weighted by Crippen LogP contribution is 2.04. The molecule has 0 unspecified atom stereocenters. The summed E-state index contributed by atoms with van der Waals surface area (Å²) in [5, 5.41) is 11.6. The maximum absolute atomic E-state index is 11.9. The van der Waals surface area contributed by atoms with Gasteiger partial charge in [-0.3, -0.25) is 9.59 Å². The minimum Gasteiger partial charge on any atom is -0.394 e. The van der Waals surface area contributed by atoms with Crippen molar-refractivity contribution >= 4 is 5.91 Å². The molecule has 94 valence electrons. The molecule has 1 rings (SSSR count). The predicted octanol–water partition coefficient (Wildman–Crippen LogP) is 0.492. The molecular weight excluding hydrogens is 220 g/mol. The van der Waals surface area contributed by atoms with Gasteiger partial charge in [-0.1, -0.05) is 6.92 Å². The number of pyridine rings is 1. The van der Waals surface area contributed by atoms with Crippen LogP contribution in [0.3, 0.4) is 0 Å². The second kappa shape index (κ2) is 5.63. The first-order valence-corrected chi connectivity index (χ1v) is 5.61. The summed E-state index contributed by atoms with van der Waals surface area (Å²) in [6.07, 6.45) is 0.616. The van der Waals surface area contributed by atoms with Gasteiger partial charge in [0.15, 0.2) is 0 Å². The topological polar surface area (TPSA) is 82.2 Å². The molecule has 0 aliphatic carbocycles. The fourth-order valence-electron chi connectivity index (χ4n) is 1.67. The van der Waals surface area contributed by atoms with Crippen LogP contribution in [0.25, 0.3) is 0 Å². The second-order valence-corrected chi connectivity index (χ2v) is 4.10. The normalized spacial score (nSPS) is 12.2. The number of aromatic nitrogens is 1. The number of hydrogen-bond donors (Lipinski definition) is 3. The molecule has 1 atom stereocenters. The zero-order chi connectivity index (χ0) is 13.0. The number of carbonyl (C=O) groups excluding carboxylic acids is 1. The first-order valence-electron chi connectivity index (χ1n) is 5.61. The van der Waals surface area contributed by atoms with Crippen LogP contribution in [0.1, 0.15) is 35.0 Å². The van der Waals surface area contributed by atoms with Crippen molar-refractivity contribution in [3.63, 3.8) is 0 Å². The molecule has 17 heavy (non-hydrogen) atoms. The third-order valence-electron chi connectivity index (χ3n) is 2.64. The van der Waals surface area contributed by atoms with Gasteiger partial charge in [0.05, 0.1) is 12.6 Å². The quantitative estimate of drug-likeness (QED) is 0.714. The van der Waals surface area contributed by atoms with E-state index in [1.54, 1.807) is 19.9 Å². The number of nitrogens with one attached hydrogen (secondary N) is 2. The van der Waals surface area contributed by atoms with E-state index in [2.05, 4.69) is 10.3 Å². The molecule has 5 nitrogen and oxygen atoms in total. The van der Waals surface area contributed by atoms with Crippen LogP contribution >= 0.6 is 0 Å². The van der Waals surface area contributed by atoms with Gasteiger partial charge in [-0.2, -0.15) is 0 Å². The highest BCUT2D eigenvalue weighted by molar-refractivity contribution is 5.95. The van der Waals surface area contributed by atoms with Gasteiger partial charge in [0, 0.05) is 5.69 Å². The van der Waals surface area contributed by atoms with Crippen LogP contribution in [0.2, 0.25) is 0 Å². The first-order chi connectivity index (χ1) is 7.99. The standard InChI is InChI=1S/C12H18N2O3/c1-4-9(6-15)14-12(17)10-7(2)5-8(3)13-11(10)16/h5,9,15H,4,6H2,1-3H3,(H,13,16)(H,14,17)/t9-/m0/s1. The Bertz CT molecular complexity index is 461. The molecular formula is C12H18N2O3. The van der Waals surface area contributed by atoms with E-state index < -0.39 is 11.5 Å². The maximum Gasteiger partial charge on any atom is 0.261 e. The van der Waals surface area contributed by atoms with E-state index in [-0.39, 0.29) is 18.2 Å². The molecule has 0 fully saturated rings. The van der Waals surface area contributed by atoms with E-state index in [1.165, 1.54) is 0 Å². The van der Waals surface area contributed by atoms with Crippen molar-refractivity contribution in [2.75, 3.05) is 6.61 Å². The lowest BCUT2D eigenvalue weighted by Crippen LogP contribution is -2.40. The smallest absolute Gasteiger partial charge is 0.261 e. The van der Waals surface area contributed by atoms with Gasteiger partial charge in [-0.05, 0) is 31.9 Å². The Morgan fingerprint density at radius 3 is 2.65 bits per heavy atom. The molecule has 0 saturated heterocycles. The predicted molar refractivity (Wildman–Crippen MR) is 65.2 cm³/mol. The van der Waals surface area contributed by atoms with Crippen molar-refractivity contribution in [3.05, 3.63) is 33.2 Å². The Hall–Kier alpha value is -1.62. The Morgan fingerprint density at radius 1 is 1.53 bits per heavy atom. The number of hydrogen-bond acceptors (Lipinski definition) is 3. The van der Waals surface area contributed by atoms with E-state index in [9.17, 15) is 9.59 Å². The largest absolute Gasteiger partial charge is 0.394 e. The maximum atomic E-state index is 11.9. The molecule has 0 aromatic carbocycles. The molecule has 1 heterocycles. The Balaban J connectivity index is 3.01. The molecule has 3 N–H and O–H groups in total. The van der Waals surface area contributed by atoms with Gasteiger partial charge in [0.2, 0.25) is 0 Å². The third kappa shape index (κ3) is 3.17. The molecule has 0 saturated carbocycles. The summed E-state index contributed by atoms with van der Waals surface area (Å²) in [4.78, 5) is 26.2. The van der Waals surface area contributed by atoms with Crippen molar-refractivity contribution in [1.29, 1.82) is 0 Å². The van der Waals surface area contributed by atoms with Crippen LogP contribution in [0, 0.1) is 13.8 Å². The minimum absolute atomic E-state index is 0.113. The first kappa shape index (κ1) is 13.4. The number of aromatic amines is 1. The van der Waals surface area contributed by atoms with Gasteiger partial charge in [0.25, 0.3) is 11.5 Å². The lowest BCUT2D eigenvalue weighted by Gasteiger charge is -2.14. The molecule has 1 aromatic rings. The van der Waals surface area contributed by atoms with Crippen molar-refractivity contribution in [1.82, 2.24) is 10.3 Å². The average Bonchev–Trinajstić information content (AvgIpc) is 2.24. The number of rotatable bonds is 4. The monoisotopic (exact) mass is 238 g/mol. The van der Waals surface area contributed by atoms with Gasteiger partial charge in [-0.25, -0.2) is 0 Å². The Morgan fingerprint density at radius 2 is 2.18 bits per heavy atom.